The number of hydrogen-bond acceptors (Lipinski definition) is 6. The zero-order chi connectivity index (χ0) is 23.1. The van der Waals surface area contributed by atoms with Crippen molar-refractivity contribution in [2.24, 2.45) is 0 Å². The van der Waals surface area contributed by atoms with Gasteiger partial charge in [0.05, 0.1) is 29.3 Å². The van der Waals surface area contributed by atoms with Crippen molar-refractivity contribution < 1.29 is 9.59 Å². The molecule has 0 atom stereocenters. The molecule has 0 aromatic carbocycles. The lowest BCUT2D eigenvalue weighted by Crippen LogP contribution is -2.27. The third kappa shape index (κ3) is 3.93. The fourth-order valence-corrected chi connectivity index (χ4v) is 4.43. The number of amides is 2. The number of rotatable bonds is 6. The van der Waals surface area contributed by atoms with Crippen molar-refractivity contribution in [3.05, 3.63) is 48.2 Å². The SMILES string of the molecule is O=C(NC1CC1)c1nn(C2CCCCC2)cc1NC(=O)c1cnn2ccc(-c3ccn[nH]3)nc12. The largest absolute Gasteiger partial charge is 0.348 e. The highest BCUT2D eigenvalue weighted by molar-refractivity contribution is 6.11. The number of carbonyl (C=O) groups is 2. The molecule has 2 saturated carbocycles. The van der Waals surface area contributed by atoms with E-state index in [1.165, 1.54) is 12.6 Å². The molecule has 0 saturated heterocycles. The molecule has 4 aromatic heterocycles. The second kappa shape index (κ2) is 8.40. The lowest BCUT2D eigenvalue weighted by atomic mass is 9.96. The molecule has 0 bridgehead atoms. The molecular weight excluding hydrogens is 434 g/mol. The number of hydrogen-bond donors (Lipinski definition) is 3. The molecule has 0 radical (unpaired) electrons. The summed E-state index contributed by atoms with van der Waals surface area (Å²) in [5.74, 6) is -0.653. The minimum absolute atomic E-state index is 0.195. The fourth-order valence-electron chi connectivity index (χ4n) is 4.43. The summed E-state index contributed by atoms with van der Waals surface area (Å²) in [7, 11) is 0. The maximum absolute atomic E-state index is 13.3. The first kappa shape index (κ1) is 20.6. The quantitative estimate of drug-likeness (QED) is 0.406. The van der Waals surface area contributed by atoms with E-state index in [0.29, 0.717) is 22.6 Å². The van der Waals surface area contributed by atoms with Gasteiger partial charge in [-0.05, 0) is 37.8 Å². The van der Waals surface area contributed by atoms with E-state index in [2.05, 4.69) is 36.0 Å². The molecule has 0 aliphatic heterocycles. The van der Waals surface area contributed by atoms with Crippen molar-refractivity contribution in [2.75, 3.05) is 5.32 Å². The van der Waals surface area contributed by atoms with Crippen LogP contribution in [-0.2, 0) is 0 Å². The Morgan fingerprint density at radius 1 is 1.06 bits per heavy atom. The van der Waals surface area contributed by atoms with E-state index >= 15 is 0 Å². The number of nitrogens with one attached hydrogen (secondary N) is 3. The van der Waals surface area contributed by atoms with Crippen LogP contribution in [0.5, 0.6) is 0 Å². The van der Waals surface area contributed by atoms with E-state index in [4.69, 9.17) is 0 Å². The maximum atomic E-state index is 13.3. The molecule has 0 unspecified atom stereocenters. The Hall–Kier alpha value is -4.02. The smallest absolute Gasteiger partial charge is 0.274 e. The fraction of sp³-hybridized carbons (Fsp3) is 0.391. The minimum Gasteiger partial charge on any atom is -0.348 e. The zero-order valence-electron chi connectivity index (χ0n) is 18.6. The summed E-state index contributed by atoms with van der Waals surface area (Å²) in [6.45, 7) is 0. The van der Waals surface area contributed by atoms with Gasteiger partial charge in [-0.2, -0.15) is 15.3 Å². The van der Waals surface area contributed by atoms with Crippen LogP contribution < -0.4 is 10.6 Å². The van der Waals surface area contributed by atoms with E-state index in [0.717, 1.165) is 44.2 Å². The van der Waals surface area contributed by atoms with E-state index in [1.807, 2.05) is 4.68 Å². The number of nitrogens with zero attached hydrogens (tertiary/aromatic N) is 6. The molecule has 34 heavy (non-hydrogen) atoms. The van der Waals surface area contributed by atoms with Gasteiger partial charge >= 0.3 is 0 Å². The van der Waals surface area contributed by atoms with Crippen LogP contribution in [0.15, 0.2) is 36.9 Å². The monoisotopic (exact) mass is 459 g/mol. The Morgan fingerprint density at radius 3 is 2.68 bits per heavy atom. The average Bonchev–Trinajstić information content (AvgIpc) is 3.25. The summed E-state index contributed by atoms with van der Waals surface area (Å²) in [5.41, 5.74) is 2.75. The van der Waals surface area contributed by atoms with Crippen molar-refractivity contribution in [3.8, 4) is 11.4 Å². The van der Waals surface area contributed by atoms with E-state index in [-0.39, 0.29) is 23.7 Å². The van der Waals surface area contributed by atoms with Gasteiger partial charge in [-0.15, -0.1) is 0 Å². The summed E-state index contributed by atoms with van der Waals surface area (Å²) in [4.78, 5) is 30.8. The lowest BCUT2D eigenvalue weighted by molar-refractivity contribution is 0.0945. The van der Waals surface area contributed by atoms with Crippen LogP contribution in [0.2, 0.25) is 0 Å². The summed E-state index contributed by atoms with van der Waals surface area (Å²) in [5, 5.41) is 21.6. The molecule has 11 nitrogen and oxygen atoms in total. The van der Waals surface area contributed by atoms with Gasteiger partial charge in [0.2, 0.25) is 0 Å². The Balaban J connectivity index is 1.31. The second-order valence-electron chi connectivity index (χ2n) is 8.97. The number of aromatic nitrogens is 7. The summed E-state index contributed by atoms with van der Waals surface area (Å²) in [6.07, 6.45) is 14.1. The van der Waals surface area contributed by atoms with Crippen LogP contribution in [0.4, 0.5) is 5.69 Å². The average molecular weight is 460 g/mol. The van der Waals surface area contributed by atoms with E-state index in [9.17, 15) is 9.59 Å². The Kier molecular flexibility index (Phi) is 5.08. The first-order chi connectivity index (χ1) is 16.7. The molecule has 2 aliphatic rings. The maximum Gasteiger partial charge on any atom is 0.274 e. The van der Waals surface area contributed by atoms with Crippen molar-refractivity contribution in [3.63, 3.8) is 0 Å². The van der Waals surface area contributed by atoms with Crippen molar-refractivity contribution in [1.29, 1.82) is 0 Å². The topological polar surface area (TPSA) is 135 Å². The van der Waals surface area contributed by atoms with Crippen LogP contribution in [0.25, 0.3) is 17.0 Å². The minimum atomic E-state index is -0.395. The normalized spacial score (nSPS) is 16.6. The third-order valence-electron chi connectivity index (χ3n) is 6.45. The molecule has 2 amide bonds. The molecule has 174 valence electrons. The first-order valence-electron chi connectivity index (χ1n) is 11.7. The highest BCUT2D eigenvalue weighted by Gasteiger charge is 2.29. The predicted molar refractivity (Wildman–Crippen MR) is 123 cm³/mol. The molecule has 4 heterocycles. The van der Waals surface area contributed by atoms with Crippen molar-refractivity contribution in [2.45, 2.75) is 57.0 Å². The molecular formula is C23H25N9O2. The molecule has 0 spiro atoms. The second-order valence-corrected chi connectivity index (χ2v) is 8.97. The number of anilines is 1. The van der Waals surface area contributed by atoms with Crippen molar-refractivity contribution >= 4 is 23.1 Å². The Morgan fingerprint density at radius 2 is 1.91 bits per heavy atom. The summed E-state index contributed by atoms with van der Waals surface area (Å²) >= 11 is 0. The number of carbonyl (C=O) groups excluding carboxylic acids is 2. The zero-order valence-corrected chi connectivity index (χ0v) is 18.6. The summed E-state index contributed by atoms with van der Waals surface area (Å²) in [6, 6.07) is 4.03. The van der Waals surface area contributed by atoms with Gasteiger partial charge in [-0.1, -0.05) is 19.3 Å². The van der Waals surface area contributed by atoms with Gasteiger partial charge in [0.25, 0.3) is 11.8 Å². The van der Waals surface area contributed by atoms with Crippen LogP contribution >= 0.6 is 0 Å². The molecule has 6 rings (SSSR count). The van der Waals surface area contributed by atoms with Crippen molar-refractivity contribution in [1.82, 2.24) is 39.9 Å². The molecule has 2 aliphatic carbocycles. The Bertz CT molecular complexity index is 1340. The van der Waals surface area contributed by atoms with Gasteiger partial charge in [0.15, 0.2) is 11.3 Å². The molecule has 11 heteroatoms. The molecule has 3 N–H and O–H groups in total. The standard InChI is InChI=1S/C23H25N9O2/c33-22(16-12-25-31-11-9-17(27-21(16)31)18-8-10-24-29-18)28-19-13-32(15-4-2-1-3-5-15)30-20(19)23(34)26-14-6-7-14/h8-15H,1-7H2,(H,24,29)(H,26,34)(H,28,33). The number of aromatic amines is 1. The highest BCUT2D eigenvalue weighted by Crippen LogP contribution is 2.30. The lowest BCUT2D eigenvalue weighted by Gasteiger charge is -2.21. The van der Waals surface area contributed by atoms with Gasteiger partial charge in [-0.3, -0.25) is 19.4 Å². The van der Waals surface area contributed by atoms with Crippen LogP contribution in [0.1, 0.15) is 71.8 Å². The third-order valence-corrected chi connectivity index (χ3v) is 6.45. The predicted octanol–water partition coefficient (Wildman–Crippen LogP) is 2.97. The van der Waals surface area contributed by atoms with Crippen LogP contribution in [0.3, 0.4) is 0 Å². The van der Waals surface area contributed by atoms with E-state index < -0.39 is 5.91 Å². The van der Waals surface area contributed by atoms with Crippen LogP contribution in [-0.4, -0.2) is 52.4 Å². The molecule has 2 fully saturated rings. The van der Waals surface area contributed by atoms with Crippen LogP contribution in [0, 0.1) is 0 Å². The summed E-state index contributed by atoms with van der Waals surface area (Å²) < 4.78 is 3.39. The van der Waals surface area contributed by atoms with Gasteiger partial charge < -0.3 is 10.6 Å². The first-order valence-corrected chi connectivity index (χ1v) is 11.7. The number of fused-ring (bicyclic) bond motifs is 1. The Labute approximate surface area is 195 Å². The van der Waals surface area contributed by atoms with Gasteiger partial charge in [0, 0.05) is 24.6 Å². The molecule has 4 aromatic rings. The van der Waals surface area contributed by atoms with Gasteiger partial charge in [0.1, 0.15) is 5.56 Å². The van der Waals surface area contributed by atoms with E-state index in [1.54, 1.807) is 35.2 Å². The number of H-pyrrole nitrogens is 1. The highest BCUT2D eigenvalue weighted by atomic mass is 16.2. The van der Waals surface area contributed by atoms with Gasteiger partial charge in [-0.25, -0.2) is 9.50 Å².